The van der Waals surface area contributed by atoms with Gasteiger partial charge in [0.25, 0.3) is 0 Å². The summed E-state index contributed by atoms with van der Waals surface area (Å²) >= 11 is 1.60. The molecule has 1 amide bonds. The lowest BCUT2D eigenvalue weighted by Gasteiger charge is -2.06. The molecule has 0 atom stereocenters. The Hall–Kier alpha value is -2.75. The van der Waals surface area contributed by atoms with Crippen LogP contribution in [0.3, 0.4) is 0 Å². The van der Waals surface area contributed by atoms with Gasteiger partial charge in [0.2, 0.25) is 15.9 Å². The minimum absolute atomic E-state index is 0.128. The van der Waals surface area contributed by atoms with Gasteiger partial charge in [-0.05, 0) is 48.6 Å². The van der Waals surface area contributed by atoms with Crippen LogP contribution >= 0.6 is 11.3 Å². The van der Waals surface area contributed by atoms with Gasteiger partial charge in [-0.1, -0.05) is 36.4 Å². The van der Waals surface area contributed by atoms with Gasteiger partial charge in [-0.15, -0.1) is 11.3 Å². The molecular formula is C21H23N3O4S2. The third-order valence-electron chi connectivity index (χ3n) is 4.34. The molecule has 0 spiro atoms. The highest BCUT2D eigenvalue weighted by Crippen LogP contribution is 2.23. The SMILES string of the molecule is CCC(=O)Nc1c(C)noc1C=Cc1ccc(S(=O)(=O)NCCc2cccs2)cc1. The first-order valence-corrected chi connectivity index (χ1v) is 11.8. The Labute approximate surface area is 179 Å². The fraction of sp³-hybridized carbons (Fsp3) is 0.238. The summed E-state index contributed by atoms with van der Waals surface area (Å²) in [5.74, 6) is 0.304. The summed E-state index contributed by atoms with van der Waals surface area (Å²) in [7, 11) is -3.56. The number of aryl methyl sites for hydroxylation is 1. The molecule has 0 unspecified atom stereocenters. The van der Waals surface area contributed by atoms with Crippen molar-refractivity contribution >= 4 is 45.1 Å². The zero-order valence-electron chi connectivity index (χ0n) is 16.7. The van der Waals surface area contributed by atoms with Gasteiger partial charge in [-0.3, -0.25) is 4.79 Å². The number of nitrogens with one attached hydrogen (secondary N) is 2. The smallest absolute Gasteiger partial charge is 0.240 e. The maximum atomic E-state index is 12.4. The number of aromatic nitrogens is 1. The number of anilines is 1. The minimum atomic E-state index is -3.56. The van der Waals surface area contributed by atoms with Crippen molar-refractivity contribution in [2.24, 2.45) is 0 Å². The van der Waals surface area contributed by atoms with Crippen molar-refractivity contribution in [1.82, 2.24) is 9.88 Å². The van der Waals surface area contributed by atoms with Gasteiger partial charge >= 0.3 is 0 Å². The molecule has 0 aliphatic carbocycles. The van der Waals surface area contributed by atoms with Crippen molar-refractivity contribution in [1.29, 1.82) is 0 Å². The topological polar surface area (TPSA) is 101 Å². The van der Waals surface area contributed by atoms with Crippen LogP contribution in [0.15, 0.2) is 51.2 Å². The van der Waals surface area contributed by atoms with Crippen LogP contribution in [0.1, 0.15) is 35.2 Å². The summed E-state index contributed by atoms with van der Waals surface area (Å²) in [5, 5.41) is 8.62. The van der Waals surface area contributed by atoms with Crippen LogP contribution in [-0.4, -0.2) is 26.0 Å². The van der Waals surface area contributed by atoms with Gasteiger partial charge in [0.1, 0.15) is 11.4 Å². The zero-order chi connectivity index (χ0) is 21.6. The van der Waals surface area contributed by atoms with E-state index in [4.69, 9.17) is 4.52 Å². The van der Waals surface area contributed by atoms with Crippen LogP contribution in [0.2, 0.25) is 0 Å². The van der Waals surface area contributed by atoms with Crippen molar-refractivity contribution in [3.63, 3.8) is 0 Å². The van der Waals surface area contributed by atoms with Crippen molar-refractivity contribution in [2.75, 3.05) is 11.9 Å². The molecule has 30 heavy (non-hydrogen) atoms. The number of nitrogens with zero attached hydrogens (tertiary/aromatic N) is 1. The van der Waals surface area contributed by atoms with Crippen LogP contribution in [0, 0.1) is 6.92 Å². The van der Waals surface area contributed by atoms with E-state index >= 15 is 0 Å². The number of benzene rings is 1. The Morgan fingerprint density at radius 1 is 1.20 bits per heavy atom. The first-order chi connectivity index (χ1) is 14.4. The van der Waals surface area contributed by atoms with Crippen molar-refractivity contribution in [3.05, 3.63) is 63.7 Å². The van der Waals surface area contributed by atoms with E-state index < -0.39 is 10.0 Å². The van der Waals surface area contributed by atoms with E-state index in [1.807, 2.05) is 17.5 Å². The molecule has 0 radical (unpaired) electrons. The molecule has 9 heteroatoms. The van der Waals surface area contributed by atoms with E-state index in [0.29, 0.717) is 36.5 Å². The Morgan fingerprint density at radius 2 is 1.97 bits per heavy atom. The Morgan fingerprint density at radius 3 is 2.63 bits per heavy atom. The second-order valence-electron chi connectivity index (χ2n) is 6.54. The van der Waals surface area contributed by atoms with E-state index in [-0.39, 0.29) is 10.8 Å². The molecule has 0 saturated carbocycles. The molecule has 1 aromatic carbocycles. The standard InChI is InChI=1S/C21H23N3O4S2/c1-3-20(25)23-21-15(2)24-28-19(21)11-8-16-6-9-18(10-7-16)30(26,27)22-13-12-17-5-4-14-29-17/h4-11,14,22H,3,12-13H2,1-2H3,(H,23,25). The molecule has 3 rings (SSSR count). The Bertz CT molecular complexity index is 1120. The summed E-state index contributed by atoms with van der Waals surface area (Å²) < 4.78 is 32.8. The highest BCUT2D eigenvalue weighted by atomic mass is 32.2. The number of rotatable bonds is 9. The predicted octanol–water partition coefficient (Wildman–Crippen LogP) is 4.08. The van der Waals surface area contributed by atoms with E-state index in [0.717, 1.165) is 10.4 Å². The van der Waals surface area contributed by atoms with Crippen molar-refractivity contribution in [3.8, 4) is 0 Å². The monoisotopic (exact) mass is 445 g/mol. The molecular weight excluding hydrogens is 422 g/mol. The van der Waals surface area contributed by atoms with Crippen LogP contribution in [0.25, 0.3) is 12.2 Å². The number of amides is 1. The van der Waals surface area contributed by atoms with E-state index in [2.05, 4.69) is 15.2 Å². The predicted molar refractivity (Wildman–Crippen MR) is 119 cm³/mol. The molecule has 0 bridgehead atoms. The molecule has 158 valence electrons. The lowest BCUT2D eigenvalue weighted by Crippen LogP contribution is -2.25. The highest BCUT2D eigenvalue weighted by molar-refractivity contribution is 7.89. The third-order valence-corrected chi connectivity index (χ3v) is 6.75. The molecule has 0 saturated heterocycles. The second-order valence-corrected chi connectivity index (χ2v) is 9.34. The Balaban J connectivity index is 1.65. The maximum absolute atomic E-state index is 12.4. The summed E-state index contributed by atoms with van der Waals surface area (Å²) in [5.41, 5.74) is 1.91. The molecule has 3 aromatic rings. The molecule has 7 nitrogen and oxygen atoms in total. The van der Waals surface area contributed by atoms with Gasteiger partial charge < -0.3 is 9.84 Å². The fourth-order valence-corrected chi connectivity index (χ4v) is 4.40. The van der Waals surface area contributed by atoms with Crippen molar-refractivity contribution < 1.29 is 17.7 Å². The Kier molecular flexibility index (Phi) is 7.20. The normalized spacial score (nSPS) is 11.8. The van der Waals surface area contributed by atoms with Gasteiger partial charge in [-0.2, -0.15) is 0 Å². The summed E-state index contributed by atoms with van der Waals surface area (Å²) in [6.45, 7) is 3.86. The number of carbonyl (C=O) groups excluding carboxylic acids is 1. The number of thiophene rings is 1. The quantitative estimate of drug-likeness (QED) is 0.517. The van der Waals surface area contributed by atoms with Crippen LogP contribution in [-0.2, 0) is 21.2 Å². The highest BCUT2D eigenvalue weighted by Gasteiger charge is 2.14. The summed E-state index contributed by atoms with van der Waals surface area (Å²) in [6, 6.07) is 10.4. The number of sulfonamides is 1. The lowest BCUT2D eigenvalue weighted by atomic mass is 10.2. The van der Waals surface area contributed by atoms with Gasteiger partial charge in [0.15, 0.2) is 5.76 Å². The van der Waals surface area contributed by atoms with Gasteiger partial charge in [0.05, 0.1) is 4.90 Å². The fourth-order valence-electron chi connectivity index (χ4n) is 2.66. The van der Waals surface area contributed by atoms with E-state index in [1.54, 1.807) is 61.6 Å². The number of carbonyl (C=O) groups is 1. The average Bonchev–Trinajstić information content (AvgIpc) is 3.37. The van der Waals surface area contributed by atoms with Gasteiger partial charge in [0, 0.05) is 17.8 Å². The van der Waals surface area contributed by atoms with E-state index in [9.17, 15) is 13.2 Å². The molecule has 0 aliphatic heterocycles. The first-order valence-electron chi connectivity index (χ1n) is 9.45. The largest absolute Gasteiger partial charge is 0.354 e. The van der Waals surface area contributed by atoms with Crippen LogP contribution in [0.4, 0.5) is 5.69 Å². The lowest BCUT2D eigenvalue weighted by molar-refractivity contribution is -0.115. The molecule has 0 aliphatic rings. The molecule has 2 N–H and O–H groups in total. The third kappa shape index (κ3) is 5.65. The van der Waals surface area contributed by atoms with E-state index in [1.165, 1.54) is 0 Å². The van der Waals surface area contributed by atoms with Crippen LogP contribution < -0.4 is 10.0 Å². The zero-order valence-corrected chi connectivity index (χ0v) is 18.3. The second kappa shape index (κ2) is 9.84. The number of hydrogen-bond donors (Lipinski definition) is 2. The summed E-state index contributed by atoms with van der Waals surface area (Å²) in [4.78, 5) is 13.0. The summed E-state index contributed by atoms with van der Waals surface area (Å²) in [6.07, 6.45) is 4.46. The maximum Gasteiger partial charge on any atom is 0.240 e. The van der Waals surface area contributed by atoms with Crippen LogP contribution in [0.5, 0.6) is 0 Å². The number of hydrogen-bond acceptors (Lipinski definition) is 6. The van der Waals surface area contributed by atoms with Crippen molar-refractivity contribution in [2.45, 2.75) is 31.6 Å². The molecule has 2 aromatic heterocycles. The van der Waals surface area contributed by atoms with Gasteiger partial charge in [-0.25, -0.2) is 13.1 Å². The molecule has 2 heterocycles. The molecule has 0 fully saturated rings. The average molecular weight is 446 g/mol. The first kappa shape index (κ1) is 21.9. The minimum Gasteiger partial charge on any atom is -0.354 e.